The van der Waals surface area contributed by atoms with Crippen LogP contribution >= 0.6 is 0 Å². The molecule has 0 aliphatic carbocycles. The fraction of sp³-hybridized carbons (Fsp3) is 0.0263. The van der Waals surface area contributed by atoms with E-state index in [4.69, 9.17) is 54.5 Å². The van der Waals surface area contributed by atoms with Gasteiger partial charge in [0.05, 0.1) is 37.8 Å². The van der Waals surface area contributed by atoms with E-state index in [1.807, 2.05) is 36.4 Å². The smallest absolute Gasteiger partial charge is 0.352 e. The van der Waals surface area contributed by atoms with Crippen molar-refractivity contribution < 1.29 is 61.6 Å². The summed E-state index contributed by atoms with van der Waals surface area (Å²) >= 11 is 0. The highest BCUT2D eigenvalue weighted by atomic mass is 32.2. The molecule has 0 saturated carbocycles. The van der Waals surface area contributed by atoms with Crippen molar-refractivity contribution in [2.45, 2.75) is 26.1 Å². The Bertz CT molecular complexity index is 6840. The zero-order valence-corrected chi connectivity index (χ0v) is 69.8. The minimum Gasteiger partial charge on any atom is -0.368 e. The Morgan fingerprint density at radius 1 is 0.364 bits per heavy atom. The summed E-state index contributed by atoms with van der Waals surface area (Å²) in [4.78, 5) is 74.3. The lowest BCUT2D eigenvalue weighted by atomic mass is 10.2. The van der Waals surface area contributed by atoms with Gasteiger partial charge in [-0.2, -0.15) is 30.2 Å². The summed E-state index contributed by atoms with van der Waals surface area (Å²) < 4.78 is 122. The second-order valence-electron chi connectivity index (χ2n) is 26.0. The van der Waals surface area contributed by atoms with Gasteiger partial charge in [-0.1, -0.05) is 66.7 Å². The predicted molar refractivity (Wildman–Crippen MR) is 472 cm³/mol. The number of primary sulfonamides is 4. The van der Waals surface area contributed by atoms with Gasteiger partial charge in [-0.15, -0.1) is 44.2 Å². The van der Waals surface area contributed by atoms with Crippen LogP contribution in [0.3, 0.4) is 0 Å². The zero-order valence-electron chi connectivity index (χ0n) is 66.5. The standard InChI is InChI=1S/C16H17N7O3S.C16H13N7O.C15H14F2N6O2S.C15H15N7O3S.C14H14N8O3S/c1-22(12-5-3-2-4-6-12)16(24)23-14(17)20-15(21-23)19-11-7-9-13(10-8-11)27(18,25)26;17-10-11-6-8-13(9-7-11)19-15-21-14(18)23(22-15)16(24)20-12-4-2-1-3-5-12;16-12-2-1-3-13(17)11(12)8-23-14(18)21-15(22-23)20-9-4-6-10(7-5-9)26(19,24)25;16-13-20-14(18-11-6-8-12(9-7-11)26(17,24)25)21-22(13)15(23)19-10-4-2-1-3-5-10;15-12-20-13(18-9-4-6-10(7-5-9)26(16,24)25)21-22(12)14(23)19-11-3-1-2-8-17-11/h2-10H,1H3,(H2,18,25,26)(H3,17,19,20,21);1-9H,(H,20,24)(H3,18,19,21,22);1-7H,8H2,(H2,19,24,25)(H3,18,20,21,22);1-9H,(H,19,23)(H2,17,24,25)(H3,16,18,20,21);1-8H,(H2,16,24,25)(H,17,19,23)(H3,15,18,20,21). The highest BCUT2D eigenvalue weighted by Gasteiger charge is 2.23. The van der Waals surface area contributed by atoms with Crippen LogP contribution in [0, 0.1) is 23.0 Å². The number of para-hydroxylation sites is 3. The molecule has 4 amide bonds. The first-order valence-corrected chi connectivity index (χ1v) is 42.7. The van der Waals surface area contributed by atoms with E-state index in [9.17, 15) is 61.6 Å². The van der Waals surface area contributed by atoms with E-state index < -0.39 is 75.9 Å². The lowest BCUT2D eigenvalue weighted by Gasteiger charge is -2.16. The van der Waals surface area contributed by atoms with E-state index in [-0.39, 0.29) is 91.2 Å². The maximum Gasteiger partial charge on any atom is 0.352 e. The van der Waals surface area contributed by atoms with Crippen LogP contribution in [0.5, 0.6) is 0 Å². The van der Waals surface area contributed by atoms with Crippen molar-refractivity contribution in [1.29, 1.82) is 5.26 Å². The van der Waals surface area contributed by atoms with E-state index in [1.54, 1.807) is 110 Å². The Hall–Kier alpha value is -17.3. The molecule has 0 radical (unpaired) electrons. The fourth-order valence-corrected chi connectivity index (χ4v) is 12.6. The van der Waals surface area contributed by atoms with Gasteiger partial charge in [0.1, 0.15) is 17.5 Å². The molecule has 0 bridgehead atoms. The summed E-state index contributed by atoms with van der Waals surface area (Å²) in [6.45, 7) is -0.233. The van der Waals surface area contributed by atoms with Crippen molar-refractivity contribution >= 4 is 175 Å². The number of sulfonamides is 4. The number of halogens is 2. The van der Waals surface area contributed by atoms with Crippen LogP contribution in [0.2, 0.25) is 0 Å². The van der Waals surface area contributed by atoms with Gasteiger partial charge in [0, 0.05) is 64.3 Å². The van der Waals surface area contributed by atoms with Gasteiger partial charge in [0.25, 0.3) is 0 Å². The molecule has 26 N–H and O–H groups in total. The van der Waals surface area contributed by atoms with Crippen LogP contribution in [0.1, 0.15) is 11.1 Å². The first kappa shape index (κ1) is 92.4. The molecule has 662 valence electrons. The lowest BCUT2D eigenvalue weighted by Crippen LogP contribution is -2.32. The number of nitrogens with one attached hydrogen (secondary N) is 8. The van der Waals surface area contributed by atoms with Crippen molar-refractivity contribution in [3.8, 4) is 6.07 Å². The molecular weight excluding hydrogens is 1760 g/mol. The summed E-state index contributed by atoms with van der Waals surface area (Å²) in [6.07, 6.45) is 1.53. The van der Waals surface area contributed by atoms with Crippen LogP contribution in [0.4, 0.5) is 139 Å². The third-order valence-corrected chi connectivity index (χ3v) is 20.5. The molecule has 9 aromatic carbocycles. The summed E-state index contributed by atoms with van der Waals surface area (Å²) in [5, 5.41) is 71.1. The van der Waals surface area contributed by atoms with Crippen LogP contribution in [0.25, 0.3) is 0 Å². The quantitative estimate of drug-likeness (QED) is 0.0350. The summed E-state index contributed by atoms with van der Waals surface area (Å²) in [5.74, 6) is -1.03. The average Bonchev–Trinajstić information content (AvgIpc) is 1.65. The number of carbonyl (C=O) groups is 4. The topological polar surface area (TPSA) is 729 Å². The SMILES string of the molecule is CN(C(=O)n1nc(Nc2ccc(S(N)(=O)=O)cc2)nc1N)c1ccccc1.N#Cc1ccc(Nc2nc(N)n(C(=O)Nc3ccccc3)n2)cc1.Nc1nc(Nc2ccc(S(N)(=O)=O)cc2)nn1C(=O)Nc1ccccc1.Nc1nc(Nc2ccc(S(N)(=O)=O)cc2)nn1C(=O)Nc1ccccn1.Nc1nc(Nc2ccc(S(N)(=O)=O)cc2)nn1Cc1c(F)cccc1F. The summed E-state index contributed by atoms with van der Waals surface area (Å²) in [7, 11) is -13.5. The molecule has 0 atom stereocenters. The number of anilines is 19. The van der Waals surface area contributed by atoms with E-state index >= 15 is 0 Å². The van der Waals surface area contributed by atoms with E-state index in [0.717, 1.165) is 35.5 Å². The number of hydrogen-bond acceptors (Lipinski definition) is 34. The van der Waals surface area contributed by atoms with Crippen LogP contribution in [-0.2, 0) is 46.6 Å². The maximum absolute atomic E-state index is 13.7. The number of nitriles is 1. The predicted octanol–water partition coefficient (Wildman–Crippen LogP) is 7.55. The number of pyridine rings is 1. The number of aromatic nitrogens is 16. The number of nitrogens with zero attached hydrogens (tertiary/aromatic N) is 18. The molecule has 0 aliphatic heterocycles. The normalized spacial score (nSPS) is 11.0. The molecule has 15 rings (SSSR count). The van der Waals surface area contributed by atoms with Crippen molar-refractivity contribution in [2.24, 2.45) is 20.6 Å². The van der Waals surface area contributed by atoms with Gasteiger partial charge in [-0.25, -0.2) is 91.9 Å². The second kappa shape index (κ2) is 40.8. The minimum atomic E-state index is -3.79. The zero-order chi connectivity index (χ0) is 92.9. The Morgan fingerprint density at radius 2 is 0.667 bits per heavy atom. The van der Waals surface area contributed by atoms with E-state index in [0.29, 0.717) is 56.9 Å². The Morgan fingerprint density at radius 3 is 1.00 bits per heavy atom. The van der Waals surface area contributed by atoms with E-state index in [2.05, 4.69) is 97.9 Å². The van der Waals surface area contributed by atoms with E-state index in [1.165, 1.54) is 114 Å². The number of amides is 4. The Kier molecular flexibility index (Phi) is 29.2. The van der Waals surface area contributed by atoms with Gasteiger partial charge < -0.3 is 65.9 Å². The van der Waals surface area contributed by atoms with Gasteiger partial charge in [-0.05, 0) is 182 Å². The third kappa shape index (κ3) is 25.9. The van der Waals surface area contributed by atoms with Gasteiger partial charge in [0.15, 0.2) is 0 Å². The fourth-order valence-electron chi connectivity index (χ4n) is 10.5. The van der Waals surface area contributed by atoms with Crippen LogP contribution in [0.15, 0.2) is 274 Å². The van der Waals surface area contributed by atoms with Crippen molar-refractivity contribution in [1.82, 2.24) is 78.8 Å². The van der Waals surface area contributed by atoms with Crippen LogP contribution in [-0.4, -0.2) is 144 Å². The molecule has 129 heavy (non-hydrogen) atoms. The van der Waals surface area contributed by atoms with Crippen molar-refractivity contribution in [3.63, 3.8) is 0 Å². The first-order chi connectivity index (χ1) is 61.3. The monoisotopic (exact) mass is 1830 g/mol. The molecular formula is C76H73F2N35O12S4. The number of benzene rings is 9. The molecule has 6 aromatic heterocycles. The minimum absolute atomic E-state index is 0.0225. The summed E-state index contributed by atoms with van der Waals surface area (Å²) in [6, 6.07) is 64.4. The molecule has 15 aromatic rings. The number of nitrogen functional groups attached to an aromatic ring is 5. The first-order valence-electron chi connectivity index (χ1n) is 36.5. The molecule has 47 nitrogen and oxygen atoms in total. The van der Waals surface area contributed by atoms with Gasteiger partial charge >= 0.3 is 24.1 Å². The Balaban J connectivity index is 0.000000156. The van der Waals surface area contributed by atoms with Crippen molar-refractivity contribution in [2.75, 3.05) is 83.2 Å². The number of hydrogen-bond donors (Lipinski definition) is 17. The maximum atomic E-state index is 13.7. The van der Waals surface area contributed by atoms with Gasteiger partial charge in [-0.3, -0.25) is 10.2 Å². The molecule has 6 heterocycles. The molecule has 0 aliphatic rings. The highest BCUT2D eigenvalue weighted by Crippen LogP contribution is 2.26. The number of rotatable bonds is 20. The molecule has 0 unspecified atom stereocenters. The number of carbonyl (C=O) groups excluding carboxylic acids is 4. The summed E-state index contributed by atoms with van der Waals surface area (Å²) in [5.41, 5.74) is 33.6. The van der Waals surface area contributed by atoms with Crippen molar-refractivity contribution in [3.05, 3.63) is 278 Å². The molecule has 0 spiro atoms. The highest BCUT2D eigenvalue weighted by molar-refractivity contribution is 7.90. The second-order valence-corrected chi connectivity index (χ2v) is 32.2. The Labute approximate surface area is 730 Å². The molecule has 53 heteroatoms. The largest absolute Gasteiger partial charge is 0.368 e. The average molecular weight is 1830 g/mol. The number of nitrogens with two attached hydrogens (primary N) is 9. The molecule has 0 fully saturated rings. The third-order valence-electron chi connectivity index (χ3n) is 16.8. The van der Waals surface area contributed by atoms with Gasteiger partial charge in [0.2, 0.25) is 99.6 Å². The lowest BCUT2D eigenvalue weighted by molar-refractivity contribution is 0.246. The van der Waals surface area contributed by atoms with Crippen LogP contribution < -0.4 is 96.7 Å². The molecule has 0 saturated heterocycles.